The molecule has 7 nitrogen and oxygen atoms in total. The Labute approximate surface area is 61.3 Å². The van der Waals surface area contributed by atoms with Gasteiger partial charge in [0.25, 0.3) is 0 Å². The highest BCUT2D eigenvalue weighted by atomic mass is 16.7. The van der Waals surface area contributed by atoms with Crippen molar-refractivity contribution in [1.29, 1.82) is 0 Å². The molecule has 0 spiro atoms. The quantitative estimate of drug-likeness (QED) is 0.527. The zero-order chi connectivity index (χ0) is 7.78. The van der Waals surface area contributed by atoms with E-state index in [4.69, 9.17) is 0 Å². The lowest BCUT2D eigenvalue weighted by Gasteiger charge is -1.90. The van der Waals surface area contributed by atoms with Crippen LogP contribution in [-0.2, 0) is 9.68 Å². The van der Waals surface area contributed by atoms with E-state index in [1.807, 2.05) is 0 Å². The van der Waals surface area contributed by atoms with E-state index in [0.717, 1.165) is 12.8 Å². The van der Waals surface area contributed by atoms with Gasteiger partial charge in [-0.1, -0.05) is 0 Å². The van der Waals surface area contributed by atoms with Crippen molar-refractivity contribution < 1.29 is 14.1 Å². The van der Waals surface area contributed by atoms with Gasteiger partial charge in [-0.15, -0.1) is 10.2 Å². The van der Waals surface area contributed by atoms with E-state index >= 15 is 0 Å². The summed E-state index contributed by atoms with van der Waals surface area (Å²) >= 11 is 0. The summed E-state index contributed by atoms with van der Waals surface area (Å²) in [7, 11) is 0. The van der Waals surface area contributed by atoms with Gasteiger partial charge in [-0.2, -0.15) is 0 Å². The molecule has 11 heavy (non-hydrogen) atoms. The van der Waals surface area contributed by atoms with Gasteiger partial charge in [0.2, 0.25) is 25.6 Å². The van der Waals surface area contributed by atoms with E-state index in [0.29, 0.717) is 0 Å². The molecule has 0 saturated heterocycles. The summed E-state index contributed by atoms with van der Waals surface area (Å²) in [6.07, 6.45) is 4.72. The first-order chi connectivity index (χ1) is 5.50. The highest BCUT2D eigenvalue weighted by Gasteiger charge is 1.77. The van der Waals surface area contributed by atoms with Gasteiger partial charge in [0, 0.05) is 0 Å². The summed E-state index contributed by atoms with van der Waals surface area (Å²) < 4.78 is 4.36. The Morgan fingerprint density at radius 1 is 0.818 bits per heavy atom. The van der Waals surface area contributed by atoms with Gasteiger partial charge >= 0.3 is 0 Å². The van der Waals surface area contributed by atoms with Crippen LogP contribution in [0.15, 0.2) is 27.5 Å². The summed E-state index contributed by atoms with van der Waals surface area (Å²) in [5.74, 6) is 0. The maximum Gasteiger partial charge on any atom is 0.249 e. The Kier molecular flexibility index (Phi) is 3.21. The average Bonchev–Trinajstić information content (AvgIpc) is 2.64. The van der Waals surface area contributed by atoms with Crippen molar-refractivity contribution in [2.45, 2.75) is 0 Å². The van der Waals surface area contributed by atoms with Gasteiger partial charge in [-0.25, -0.2) is 0 Å². The minimum Gasteiger partial charge on any atom is -0.431 e. The van der Waals surface area contributed by atoms with Crippen molar-refractivity contribution in [3.05, 3.63) is 12.8 Å². The zero-order valence-corrected chi connectivity index (χ0v) is 5.32. The van der Waals surface area contributed by atoms with Crippen LogP contribution in [0.3, 0.4) is 0 Å². The predicted molar refractivity (Wildman–Crippen MR) is 33.5 cm³/mol. The molecule has 0 radical (unpaired) electrons. The Balaban J connectivity index is 0.000000112. The topological polar surface area (TPSA) is 82.1 Å². The third-order valence-corrected chi connectivity index (χ3v) is 0.585. The Morgan fingerprint density at radius 2 is 1.36 bits per heavy atom. The number of oxime groups is 2. The van der Waals surface area contributed by atoms with Gasteiger partial charge in [0.15, 0.2) is 0 Å². The van der Waals surface area contributed by atoms with Crippen molar-refractivity contribution >= 4 is 12.8 Å². The molecule has 0 unspecified atom stereocenters. The van der Waals surface area contributed by atoms with Crippen molar-refractivity contribution in [2.24, 2.45) is 10.3 Å². The van der Waals surface area contributed by atoms with Crippen LogP contribution < -0.4 is 0 Å². The SMILES string of the molecule is C1=NOC=NO1.c1nnco1. The van der Waals surface area contributed by atoms with Crippen LogP contribution in [0.2, 0.25) is 0 Å². The van der Waals surface area contributed by atoms with Gasteiger partial charge in [-0.05, 0) is 10.3 Å². The van der Waals surface area contributed by atoms with Gasteiger partial charge in [0.05, 0.1) is 0 Å². The predicted octanol–water partition coefficient (Wildman–Crippen LogP) is -0.0106. The fourth-order valence-corrected chi connectivity index (χ4v) is 0.279. The highest BCUT2D eigenvalue weighted by Crippen LogP contribution is 1.77. The van der Waals surface area contributed by atoms with Crippen molar-refractivity contribution in [1.82, 2.24) is 10.2 Å². The maximum absolute atomic E-state index is 4.36. The van der Waals surface area contributed by atoms with Crippen LogP contribution in [0.1, 0.15) is 0 Å². The first-order valence-corrected chi connectivity index (χ1v) is 2.54. The molecule has 1 aliphatic heterocycles. The van der Waals surface area contributed by atoms with Gasteiger partial charge in [0.1, 0.15) is 0 Å². The first-order valence-electron chi connectivity index (χ1n) is 2.54. The monoisotopic (exact) mass is 156 g/mol. The molecular weight excluding hydrogens is 152 g/mol. The summed E-state index contributed by atoms with van der Waals surface area (Å²) in [6, 6.07) is 0. The molecule has 1 aliphatic rings. The lowest BCUT2D eigenvalue weighted by atomic mass is 11.4. The van der Waals surface area contributed by atoms with Crippen molar-refractivity contribution in [2.75, 3.05) is 0 Å². The van der Waals surface area contributed by atoms with Crippen LogP contribution in [0.4, 0.5) is 0 Å². The molecule has 58 valence electrons. The number of hydrogen-bond donors (Lipinski definition) is 0. The third kappa shape index (κ3) is 3.62. The van der Waals surface area contributed by atoms with Gasteiger partial charge in [-0.3, -0.25) is 0 Å². The van der Waals surface area contributed by atoms with E-state index in [-0.39, 0.29) is 0 Å². The van der Waals surface area contributed by atoms with E-state index in [1.54, 1.807) is 0 Å². The molecule has 0 bridgehead atoms. The Bertz CT molecular complexity index is 182. The molecule has 0 atom stereocenters. The Morgan fingerprint density at radius 3 is 1.55 bits per heavy atom. The standard InChI is InChI=1S/C2H2N2O2.C2H2N2O/c1-3-6-2-4-5-1;1-3-4-2-5-1/h1-2H;1-2H. The number of hydrogen-bond acceptors (Lipinski definition) is 7. The molecule has 0 saturated carbocycles. The second kappa shape index (κ2) is 4.91. The molecule has 7 heteroatoms. The summed E-state index contributed by atoms with van der Waals surface area (Å²) in [6.45, 7) is 0. The minimum absolute atomic E-state index is 1.10. The number of nitrogens with zero attached hydrogens (tertiary/aromatic N) is 4. The molecule has 1 aromatic rings. The van der Waals surface area contributed by atoms with Crippen molar-refractivity contribution in [3.63, 3.8) is 0 Å². The molecule has 0 fully saturated rings. The largest absolute Gasteiger partial charge is 0.431 e. The minimum atomic E-state index is 1.10. The van der Waals surface area contributed by atoms with Crippen LogP contribution >= 0.6 is 0 Å². The maximum atomic E-state index is 4.36. The smallest absolute Gasteiger partial charge is 0.249 e. The molecule has 2 rings (SSSR count). The number of aromatic nitrogens is 2. The molecular formula is C4H4N4O3. The highest BCUT2D eigenvalue weighted by molar-refractivity contribution is 5.54. The summed E-state index contributed by atoms with van der Waals surface area (Å²) in [5, 5.41) is 13.0. The average molecular weight is 156 g/mol. The van der Waals surface area contributed by atoms with E-state index < -0.39 is 0 Å². The first kappa shape index (κ1) is 7.19. The lowest BCUT2D eigenvalue weighted by molar-refractivity contribution is 0.242. The molecule has 0 N–H and O–H groups in total. The van der Waals surface area contributed by atoms with E-state index in [9.17, 15) is 0 Å². The van der Waals surface area contributed by atoms with Gasteiger partial charge < -0.3 is 14.1 Å². The molecule has 0 amide bonds. The van der Waals surface area contributed by atoms with Crippen LogP contribution in [-0.4, -0.2) is 23.0 Å². The van der Waals surface area contributed by atoms with Crippen molar-refractivity contribution in [3.8, 4) is 0 Å². The lowest BCUT2D eigenvalue weighted by Crippen LogP contribution is -1.88. The molecule has 2 heterocycles. The molecule has 0 aliphatic carbocycles. The fraction of sp³-hybridized carbons (Fsp3) is 0. The summed E-state index contributed by atoms with van der Waals surface area (Å²) in [5.41, 5.74) is 0. The molecule has 1 aromatic heterocycles. The second-order valence-corrected chi connectivity index (χ2v) is 1.21. The van der Waals surface area contributed by atoms with Crippen LogP contribution in [0, 0.1) is 0 Å². The second-order valence-electron chi connectivity index (χ2n) is 1.21. The number of rotatable bonds is 0. The van der Waals surface area contributed by atoms with Crippen LogP contribution in [0.5, 0.6) is 0 Å². The fourth-order valence-electron chi connectivity index (χ4n) is 0.279. The molecule has 0 aromatic carbocycles. The normalized spacial score (nSPS) is 12.4. The zero-order valence-electron chi connectivity index (χ0n) is 5.32. The van der Waals surface area contributed by atoms with Crippen LogP contribution in [0.25, 0.3) is 0 Å². The third-order valence-electron chi connectivity index (χ3n) is 0.585. The Hall–Kier alpha value is -1.92. The summed E-state index contributed by atoms with van der Waals surface area (Å²) in [4.78, 5) is 8.44. The van der Waals surface area contributed by atoms with E-state index in [2.05, 4.69) is 34.6 Å². The van der Waals surface area contributed by atoms with E-state index in [1.165, 1.54) is 12.8 Å².